The second-order valence-corrected chi connectivity index (χ2v) is 5.30. The Bertz CT molecular complexity index is 485. The molecule has 6 heteroatoms. The Hall–Kier alpha value is -1.14. The van der Waals surface area contributed by atoms with E-state index in [9.17, 15) is 0 Å². The van der Waals surface area contributed by atoms with Gasteiger partial charge in [0.25, 0.3) is 0 Å². The number of rotatable bonds is 3. The lowest BCUT2D eigenvalue weighted by molar-refractivity contribution is 0.905. The molecule has 0 fully saturated rings. The van der Waals surface area contributed by atoms with E-state index >= 15 is 0 Å². The average Bonchev–Trinajstić information content (AvgIpc) is 2.64. The zero-order valence-corrected chi connectivity index (χ0v) is 11.1. The Labute approximate surface area is 106 Å². The third-order valence-corrected chi connectivity index (χ3v) is 3.76. The first-order valence-electron chi connectivity index (χ1n) is 4.67. The van der Waals surface area contributed by atoms with Gasteiger partial charge in [-0.2, -0.15) is 0 Å². The van der Waals surface area contributed by atoms with Gasteiger partial charge in [-0.1, -0.05) is 0 Å². The molecule has 84 valence electrons. The molecule has 0 bridgehead atoms. The van der Waals surface area contributed by atoms with Crippen molar-refractivity contribution in [2.24, 2.45) is 0 Å². The Morgan fingerprint density at radius 1 is 1.44 bits per heavy atom. The largest absolute Gasteiger partial charge is 0.384 e. The molecule has 0 aliphatic rings. The fourth-order valence-corrected chi connectivity index (χ4v) is 2.83. The first kappa shape index (κ1) is 11.3. The van der Waals surface area contributed by atoms with E-state index in [1.54, 1.807) is 17.4 Å². The molecule has 0 atom stereocenters. The molecule has 0 saturated heterocycles. The second-order valence-electron chi connectivity index (χ2n) is 3.39. The van der Waals surface area contributed by atoms with Crippen molar-refractivity contribution in [3.63, 3.8) is 0 Å². The molecule has 0 aliphatic carbocycles. The SMILES string of the molecule is CN(Cc1cc(Br)cs1)c1cc(N)ncn1. The molecule has 0 saturated carbocycles. The van der Waals surface area contributed by atoms with Gasteiger partial charge in [-0.05, 0) is 22.0 Å². The number of nitrogen functional groups attached to an aromatic ring is 1. The van der Waals surface area contributed by atoms with Crippen LogP contribution >= 0.6 is 27.3 Å². The molecule has 2 heterocycles. The Balaban J connectivity index is 2.11. The van der Waals surface area contributed by atoms with Crippen molar-refractivity contribution in [2.75, 3.05) is 17.7 Å². The van der Waals surface area contributed by atoms with Gasteiger partial charge in [0.15, 0.2) is 0 Å². The van der Waals surface area contributed by atoms with E-state index < -0.39 is 0 Å². The fourth-order valence-electron chi connectivity index (χ4n) is 1.32. The van der Waals surface area contributed by atoms with Crippen LogP contribution in [0.4, 0.5) is 11.6 Å². The maximum absolute atomic E-state index is 5.61. The normalized spacial score (nSPS) is 10.4. The molecule has 16 heavy (non-hydrogen) atoms. The summed E-state index contributed by atoms with van der Waals surface area (Å²) < 4.78 is 1.11. The average molecular weight is 299 g/mol. The van der Waals surface area contributed by atoms with E-state index in [0.29, 0.717) is 5.82 Å². The van der Waals surface area contributed by atoms with Crippen LogP contribution in [0, 0.1) is 0 Å². The van der Waals surface area contributed by atoms with Gasteiger partial charge in [-0.25, -0.2) is 9.97 Å². The predicted octanol–water partition coefficient (Wildman–Crippen LogP) is 2.52. The van der Waals surface area contributed by atoms with Crippen LogP contribution in [0.2, 0.25) is 0 Å². The number of thiophene rings is 1. The first-order valence-corrected chi connectivity index (χ1v) is 6.34. The van der Waals surface area contributed by atoms with Gasteiger partial charge in [0, 0.05) is 27.8 Å². The highest BCUT2D eigenvalue weighted by atomic mass is 79.9. The van der Waals surface area contributed by atoms with Crippen LogP contribution in [0.1, 0.15) is 4.88 Å². The monoisotopic (exact) mass is 298 g/mol. The number of anilines is 2. The highest BCUT2D eigenvalue weighted by molar-refractivity contribution is 9.10. The molecule has 2 aromatic heterocycles. The maximum Gasteiger partial charge on any atom is 0.134 e. The Kier molecular flexibility index (Phi) is 3.40. The highest BCUT2D eigenvalue weighted by Gasteiger charge is 2.05. The van der Waals surface area contributed by atoms with E-state index in [2.05, 4.69) is 37.3 Å². The number of aromatic nitrogens is 2. The van der Waals surface area contributed by atoms with E-state index in [1.807, 2.05) is 11.9 Å². The van der Waals surface area contributed by atoms with Gasteiger partial charge >= 0.3 is 0 Å². The van der Waals surface area contributed by atoms with E-state index in [-0.39, 0.29) is 0 Å². The van der Waals surface area contributed by atoms with E-state index in [4.69, 9.17) is 5.73 Å². The van der Waals surface area contributed by atoms with Crippen LogP contribution in [0.5, 0.6) is 0 Å². The number of nitrogens with two attached hydrogens (primary N) is 1. The van der Waals surface area contributed by atoms with Crippen molar-refractivity contribution in [1.29, 1.82) is 0 Å². The van der Waals surface area contributed by atoms with Gasteiger partial charge < -0.3 is 10.6 Å². The molecule has 2 N–H and O–H groups in total. The lowest BCUT2D eigenvalue weighted by Gasteiger charge is -2.16. The lowest BCUT2D eigenvalue weighted by Crippen LogP contribution is -2.17. The molecule has 0 unspecified atom stereocenters. The zero-order valence-electron chi connectivity index (χ0n) is 8.72. The smallest absolute Gasteiger partial charge is 0.134 e. The van der Waals surface area contributed by atoms with Gasteiger partial charge in [-0.3, -0.25) is 0 Å². The van der Waals surface area contributed by atoms with Crippen LogP contribution in [0.25, 0.3) is 0 Å². The minimum Gasteiger partial charge on any atom is -0.384 e. The summed E-state index contributed by atoms with van der Waals surface area (Å²) in [6.07, 6.45) is 1.48. The number of hydrogen-bond acceptors (Lipinski definition) is 5. The Morgan fingerprint density at radius 2 is 2.25 bits per heavy atom. The second kappa shape index (κ2) is 4.80. The van der Waals surface area contributed by atoms with Crippen LogP contribution in [-0.4, -0.2) is 17.0 Å². The van der Waals surface area contributed by atoms with Crippen molar-refractivity contribution in [1.82, 2.24) is 9.97 Å². The minimum atomic E-state index is 0.490. The summed E-state index contributed by atoms with van der Waals surface area (Å²) in [5.41, 5.74) is 5.61. The number of hydrogen-bond donors (Lipinski definition) is 1. The lowest BCUT2D eigenvalue weighted by atomic mass is 10.4. The van der Waals surface area contributed by atoms with Gasteiger partial charge in [0.05, 0.1) is 6.54 Å². The molecule has 0 spiro atoms. The van der Waals surface area contributed by atoms with Crippen LogP contribution < -0.4 is 10.6 Å². The highest BCUT2D eigenvalue weighted by Crippen LogP contribution is 2.22. The van der Waals surface area contributed by atoms with Gasteiger partial charge in [0.1, 0.15) is 18.0 Å². The van der Waals surface area contributed by atoms with Crippen molar-refractivity contribution >= 4 is 38.9 Å². The van der Waals surface area contributed by atoms with Crippen molar-refractivity contribution in [2.45, 2.75) is 6.54 Å². The predicted molar refractivity (Wildman–Crippen MR) is 70.6 cm³/mol. The molecular weight excluding hydrogens is 288 g/mol. The van der Waals surface area contributed by atoms with Gasteiger partial charge in [0.2, 0.25) is 0 Å². The standard InChI is InChI=1S/C10H11BrN4S/c1-15(4-8-2-7(11)5-16-8)10-3-9(12)13-6-14-10/h2-3,5-6H,4H2,1H3,(H2,12,13,14). The maximum atomic E-state index is 5.61. The topological polar surface area (TPSA) is 55.0 Å². The van der Waals surface area contributed by atoms with Crippen molar-refractivity contribution < 1.29 is 0 Å². The van der Waals surface area contributed by atoms with Crippen LogP contribution in [0.3, 0.4) is 0 Å². The molecular formula is C10H11BrN4S. The molecule has 0 amide bonds. The summed E-state index contributed by atoms with van der Waals surface area (Å²) in [4.78, 5) is 11.3. The molecule has 0 radical (unpaired) electrons. The summed E-state index contributed by atoms with van der Waals surface area (Å²) in [6.45, 7) is 0.812. The summed E-state index contributed by atoms with van der Waals surface area (Å²) in [5, 5.41) is 2.07. The molecule has 0 aromatic carbocycles. The molecule has 2 aromatic rings. The summed E-state index contributed by atoms with van der Waals surface area (Å²) in [6, 6.07) is 3.87. The molecule has 0 aliphatic heterocycles. The fraction of sp³-hybridized carbons (Fsp3) is 0.200. The summed E-state index contributed by atoms with van der Waals surface area (Å²) in [5.74, 6) is 1.32. The summed E-state index contributed by atoms with van der Waals surface area (Å²) >= 11 is 5.15. The molecule has 4 nitrogen and oxygen atoms in total. The van der Waals surface area contributed by atoms with Crippen molar-refractivity contribution in [3.05, 3.63) is 33.2 Å². The Morgan fingerprint density at radius 3 is 2.88 bits per heavy atom. The van der Waals surface area contributed by atoms with Crippen molar-refractivity contribution in [3.8, 4) is 0 Å². The van der Waals surface area contributed by atoms with Crippen LogP contribution in [0.15, 0.2) is 28.3 Å². The number of nitrogens with zero attached hydrogens (tertiary/aromatic N) is 3. The first-order chi connectivity index (χ1) is 7.65. The third-order valence-electron chi connectivity index (χ3n) is 2.08. The summed E-state index contributed by atoms with van der Waals surface area (Å²) in [7, 11) is 1.98. The molecule has 2 rings (SSSR count). The zero-order chi connectivity index (χ0) is 11.5. The quantitative estimate of drug-likeness (QED) is 0.946. The minimum absolute atomic E-state index is 0.490. The third kappa shape index (κ3) is 2.70. The van der Waals surface area contributed by atoms with Gasteiger partial charge in [-0.15, -0.1) is 11.3 Å². The van der Waals surface area contributed by atoms with E-state index in [1.165, 1.54) is 11.2 Å². The van der Waals surface area contributed by atoms with E-state index in [0.717, 1.165) is 16.8 Å². The number of halogens is 1. The van der Waals surface area contributed by atoms with Crippen LogP contribution in [-0.2, 0) is 6.54 Å².